The lowest BCUT2D eigenvalue weighted by atomic mass is 10.1. The smallest absolute Gasteiger partial charge is 0.220 e. The molecule has 0 N–H and O–H groups in total. The second kappa shape index (κ2) is 5.86. The Morgan fingerprint density at radius 1 is 1.43 bits per heavy atom. The molecule has 23 heavy (non-hydrogen) atoms. The highest BCUT2D eigenvalue weighted by atomic mass is 35.5. The number of aryl methyl sites for hydroxylation is 1. The Labute approximate surface area is 137 Å². The summed E-state index contributed by atoms with van der Waals surface area (Å²) in [6.07, 6.45) is 0. The van der Waals surface area contributed by atoms with Gasteiger partial charge < -0.3 is 4.42 Å². The molecular formula is C16H13ClN4O2. The number of oxazole rings is 1. The number of hydrogen-bond donors (Lipinski definition) is 0. The predicted octanol–water partition coefficient (Wildman–Crippen LogP) is 3.17. The third kappa shape index (κ3) is 2.71. The van der Waals surface area contributed by atoms with Gasteiger partial charge in [-0.3, -0.25) is 9.48 Å². The van der Waals surface area contributed by atoms with E-state index in [2.05, 4.69) is 10.1 Å². The van der Waals surface area contributed by atoms with Crippen molar-refractivity contribution in [2.75, 3.05) is 0 Å². The van der Waals surface area contributed by atoms with Gasteiger partial charge in [0.1, 0.15) is 12.1 Å². The number of fused-ring (bicyclic) bond motifs is 1. The number of hydrogen-bond acceptors (Lipinski definition) is 5. The number of para-hydroxylation sites is 2. The molecule has 0 bridgehead atoms. The van der Waals surface area contributed by atoms with Crippen LogP contribution in [0.2, 0.25) is 5.02 Å². The zero-order valence-corrected chi connectivity index (χ0v) is 13.3. The van der Waals surface area contributed by atoms with Crippen LogP contribution in [0.15, 0.2) is 28.7 Å². The largest absolute Gasteiger partial charge is 0.439 e. The molecule has 1 aromatic carbocycles. The summed E-state index contributed by atoms with van der Waals surface area (Å²) in [5.41, 5.74) is 2.49. The predicted molar refractivity (Wildman–Crippen MR) is 84.1 cm³/mol. The maximum Gasteiger partial charge on any atom is 0.220 e. The molecule has 3 rings (SSSR count). The van der Waals surface area contributed by atoms with E-state index in [1.165, 1.54) is 4.68 Å². The van der Waals surface area contributed by atoms with Crippen molar-refractivity contribution < 1.29 is 9.21 Å². The van der Waals surface area contributed by atoms with E-state index in [1.54, 1.807) is 32.0 Å². The van der Waals surface area contributed by atoms with Crippen LogP contribution in [0.4, 0.5) is 0 Å². The van der Waals surface area contributed by atoms with E-state index in [9.17, 15) is 10.1 Å². The van der Waals surface area contributed by atoms with Gasteiger partial charge in [-0.05, 0) is 26.0 Å². The lowest BCUT2D eigenvalue weighted by Crippen LogP contribution is -2.19. The molecule has 0 aliphatic carbocycles. The fourth-order valence-corrected chi connectivity index (χ4v) is 2.48. The molecule has 1 unspecified atom stereocenters. The third-order valence-electron chi connectivity index (χ3n) is 3.61. The summed E-state index contributed by atoms with van der Waals surface area (Å²) in [4.78, 5) is 16.7. The number of carbonyl (C=O) groups excluding carboxylic acids is 1. The van der Waals surface area contributed by atoms with Gasteiger partial charge in [0.25, 0.3) is 0 Å². The van der Waals surface area contributed by atoms with Crippen LogP contribution in [0.1, 0.15) is 23.2 Å². The minimum Gasteiger partial charge on any atom is -0.439 e. The van der Waals surface area contributed by atoms with Crippen LogP contribution in [0.5, 0.6) is 0 Å². The maximum absolute atomic E-state index is 12.5. The van der Waals surface area contributed by atoms with Gasteiger partial charge in [0, 0.05) is 0 Å². The molecule has 6 nitrogen and oxygen atoms in total. The van der Waals surface area contributed by atoms with Gasteiger partial charge in [0.05, 0.1) is 22.5 Å². The van der Waals surface area contributed by atoms with Crippen molar-refractivity contribution in [3.05, 3.63) is 46.6 Å². The number of nitrogens with zero attached hydrogens (tertiary/aromatic N) is 4. The van der Waals surface area contributed by atoms with Crippen molar-refractivity contribution >= 4 is 28.5 Å². The highest BCUT2D eigenvalue weighted by Gasteiger charge is 2.27. The molecule has 0 saturated heterocycles. The Morgan fingerprint density at radius 2 is 2.17 bits per heavy atom. The monoisotopic (exact) mass is 328 g/mol. The Balaban J connectivity index is 1.89. The summed E-state index contributed by atoms with van der Waals surface area (Å²) >= 11 is 6.08. The highest BCUT2D eigenvalue weighted by Crippen LogP contribution is 2.24. The molecule has 0 aliphatic rings. The van der Waals surface area contributed by atoms with E-state index in [0.717, 1.165) is 0 Å². The molecule has 3 aromatic rings. The fraction of sp³-hybridized carbons (Fsp3) is 0.250. The molecule has 116 valence electrons. The van der Waals surface area contributed by atoms with Crippen molar-refractivity contribution in [1.29, 1.82) is 5.26 Å². The standard InChI is InChI=1S/C16H13ClN4O2/c1-9-15(17)10(2)21(20-9)8-13(22)11(7-18)16-19-12-5-3-4-6-14(12)23-16/h3-6,11H,8H2,1-2H3. The fourth-order valence-electron chi connectivity index (χ4n) is 2.35. The average molecular weight is 329 g/mol. The molecule has 0 saturated carbocycles. The van der Waals surface area contributed by atoms with Crippen molar-refractivity contribution in [3.63, 3.8) is 0 Å². The van der Waals surface area contributed by atoms with E-state index in [4.69, 9.17) is 16.0 Å². The first-order valence-corrected chi connectivity index (χ1v) is 7.36. The van der Waals surface area contributed by atoms with Crippen molar-refractivity contribution in [2.45, 2.75) is 26.3 Å². The second-order valence-electron chi connectivity index (χ2n) is 5.19. The number of nitriles is 1. The highest BCUT2D eigenvalue weighted by molar-refractivity contribution is 6.31. The molecule has 7 heteroatoms. The molecule has 0 aliphatic heterocycles. The molecule has 0 radical (unpaired) electrons. The number of Topliss-reactive ketones (excluding diaryl/α,β-unsaturated/α-hetero) is 1. The first-order chi connectivity index (χ1) is 11.0. The number of rotatable bonds is 4. The quantitative estimate of drug-likeness (QED) is 0.734. The topological polar surface area (TPSA) is 84.7 Å². The summed E-state index contributed by atoms with van der Waals surface area (Å²) in [5, 5.41) is 14.1. The number of aromatic nitrogens is 3. The zero-order chi connectivity index (χ0) is 16.6. The first kappa shape index (κ1) is 15.3. The zero-order valence-electron chi connectivity index (χ0n) is 12.6. The van der Waals surface area contributed by atoms with Crippen molar-refractivity contribution in [2.24, 2.45) is 0 Å². The maximum atomic E-state index is 12.5. The first-order valence-electron chi connectivity index (χ1n) is 6.98. The van der Waals surface area contributed by atoms with Crippen LogP contribution < -0.4 is 0 Å². The third-order valence-corrected chi connectivity index (χ3v) is 4.15. The van der Waals surface area contributed by atoms with Gasteiger partial charge >= 0.3 is 0 Å². The summed E-state index contributed by atoms with van der Waals surface area (Å²) < 4.78 is 7.02. The normalized spacial score (nSPS) is 12.3. The van der Waals surface area contributed by atoms with E-state index in [-0.39, 0.29) is 18.2 Å². The summed E-state index contributed by atoms with van der Waals surface area (Å²) in [6, 6.07) is 9.09. The van der Waals surface area contributed by atoms with E-state index < -0.39 is 5.92 Å². The van der Waals surface area contributed by atoms with E-state index in [1.807, 2.05) is 12.1 Å². The molecule has 1 atom stereocenters. The molecular weight excluding hydrogens is 316 g/mol. The van der Waals surface area contributed by atoms with Crippen LogP contribution in [0.25, 0.3) is 11.1 Å². The summed E-state index contributed by atoms with van der Waals surface area (Å²) in [7, 11) is 0. The van der Waals surface area contributed by atoms with Gasteiger partial charge in [-0.25, -0.2) is 4.98 Å². The summed E-state index contributed by atoms with van der Waals surface area (Å²) in [5.74, 6) is -1.32. The molecule has 0 amide bonds. The minimum atomic E-state index is -1.08. The average Bonchev–Trinajstić information content (AvgIpc) is 3.05. The van der Waals surface area contributed by atoms with Crippen molar-refractivity contribution in [1.82, 2.24) is 14.8 Å². The van der Waals surface area contributed by atoms with Gasteiger partial charge in [-0.15, -0.1) is 0 Å². The lowest BCUT2D eigenvalue weighted by Gasteiger charge is -2.06. The van der Waals surface area contributed by atoms with Crippen LogP contribution in [0, 0.1) is 25.2 Å². The Morgan fingerprint density at radius 3 is 2.78 bits per heavy atom. The molecule has 0 fully saturated rings. The van der Waals surface area contributed by atoms with Crippen LogP contribution in [0.3, 0.4) is 0 Å². The van der Waals surface area contributed by atoms with Crippen LogP contribution >= 0.6 is 11.6 Å². The SMILES string of the molecule is Cc1nn(CC(=O)C(C#N)c2nc3ccccc3o2)c(C)c1Cl. The summed E-state index contributed by atoms with van der Waals surface area (Å²) in [6.45, 7) is 3.48. The van der Waals surface area contributed by atoms with Crippen LogP contribution in [-0.4, -0.2) is 20.5 Å². The number of ketones is 1. The van der Waals surface area contributed by atoms with E-state index in [0.29, 0.717) is 27.5 Å². The van der Waals surface area contributed by atoms with Gasteiger partial charge in [0.15, 0.2) is 17.3 Å². The van der Waals surface area contributed by atoms with Gasteiger partial charge in [-0.2, -0.15) is 10.4 Å². The van der Waals surface area contributed by atoms with Gasteiger partial charge in [-0.1, -0.05) is 23.7 Å². The van der Waals surface area contributed by atoms with Crippen LogP contribution in [-0.2, 0) is 11.3 Å². The Hall–Kier alpha value is -2.65. The molecule has 2 heterocycles. The Bertz CT molecular complexity index is 902. The van der Waals surface area contributed by atoms with Crippen molar-refractivity contribution in [3.8, 4) is 6.07 Å². The molecule has 2 aromatic heterocycles. The van der Waals surface area contributed by atoms with Gasteiger partial charge in [0.2, 0.25) is 5.89 Å². The Kier molecular flexibility index (Phi) is 3.89. The minimum absolute atomic E-state index is 0.0592. The molecule has 0 spiro atoms. The lowest BCUT2D eigenvalue weighted by molar-refractivity contribution is -0.120. The van der Waals surface area contributed by atoms with E-state index >= 15 is 0 Å². The second-order valence-corrected chi connectivity index (χ2v) is 5.57. The number of benzene rings is 1. The number of carbonyl (C=O) groups is 1. The number of halogens is 1.